The molecule has 4 nitrogen and oxygen atoms in total. The first-order valence-electron chi connectivity index (χ1n) is 11.2. The lowest BCUT2D eigenvalue weighted by molar-refractivity contribution is 0.102. The lowest BCUT2D eigenvalue weighted by atomic mass is 10.1. The summed E-state index contributed by atoms with van der Waals surface area (Å²) in [5.41, 5.74) is 3.19. The van der Waals surface area contributed by atoms with Gasteiger partial charge in [0.05, 0.1) is 6.61 Å². The molecule has 0 aliphatic carbocycles. The molecule has 5 heteroatoms. The molecular weight excluding hydrogens is 404 g/mol. The van der Waals surface area contributed by atoms with E-state index in [4.69, 9.17) is 4.74 Å². The van der Waals surface area contributed by atoms with Gasteiger partial charge in [0.1, 0.15) is 5.75 Å². The molecule has 1 N–H and O–H groups in total. The summed E-state index contributed by atoms with van der Waals surface area (Å²) in [4.78, 5) is 18.0. The van der Waals surface area contributed by atoms with Crippen LogP contribution in [0.5, 0.6) is 5.75 Å². The largest absolute Gasteiger partial charge is 0.494 e. The highest BCUT2D eigenvalue weighted by molar-refractivity contribution is 7.15. The minimum Gasteiger partial charge on any atom is -0.494 e. The maximum atomic E-state index is 12.5. The zero-order chi connectivity index (χ0) is 21.9. The zero-order valence-electron chi connectivity index (χ0n) is 18.5. The van der Waals surface area contributed by atoms with E-state index < -0.39 is 0 Å². The number of anilines is 1. The second kappa shape index (κ2) is 12.3. The van der Waals surface area contributed by atoms with Crippen LogP contribution in [-0.4, -0.2) is 17.5 Å². The molecule has 0 spiro atoms. The van der Waals surface area contributed by atoms with Gasteiger partial charge in [0.15, 0.2) is 5.13 Å². The Morgan fingerprint density at radius 3 is 2.35 bits per heavy atom. The highest BCUT2D eigenvalue weighted by Gasteiger charge is 2.10. The van der Waals surface area contributed by atoms with Gasteiger partial charge in [-0.25, -0.2) is 4.98 Å². The standard InChI is InChI=1S/C26H32N2O2S/c1-3-5-6-7-8-17-30-23-15-13-22(14-16-23)25(29)28-26-27-19-24(31-26)18-21-11-9-20(4-2)10-12-21/h9-16,19H,3-8,17-18H2,1-2H3,(H,27,28,29). The third-order valence-corrected chi connectivity index (χ3v) is 6.13. The van der Waals surface area contributed by atoms with Crippen molar-refractivity contribution in [2.24, 2.45) is 0 Å². The SMILES string of the molecule is CCCCCCCOc1ccc(C(=O)Nc2ncc(Cc3ccc(CC)cc3)s2)cc1. The number of aryl methyl sites for hydroxylation is 1. The number of hydrogen-bond acceptors (Lipinski definition) is 4. The van der Waals surface area contributed by atoms with Crippen LogP contribution in [0.4, 0.5) is 5.13 Å². The van der Waals surface area contributed by atoms with E-state index in [-0.39, 0.29) is 5.91 Å². The normalized spacial score (nSPS) is 10.8. The summed E-state index contributed by atoms with van der Waals surface area (Å²) >= 11 is 1.52. The highest BCUT2D eigenvalue weighted by atomic mass is 32.1. The molecule has 0 aliphatic rings. The maximum absolute atomic E-state index is 12.5. The summed E-state index contributed by atoms with van der Waals surface area (Å²) in [6.07, 6.45) is 9.78. The van der Waals surface area contributed by atoms with Gasteiger partial charge >= 0.3 is 0 Å². The number of ether oxygens (including phenoxy) is 1. The van der Waals surface area contributed by atoms with Crippen LogP contribution in [0.3, 0.4) is 0 Å². The number of unbranched alkanes of at least 4 members (excludes halogenated alkanes) is 4. The van der Waals surface area contributed by atoms with Crippen molar-refractivity contribution in [3.05, 3.63) is 76.3 Å². The first kappa shape index (κ1) is 23.0. The molecule has 31 heavy (non-hydrogen) atoms. The number of aromatic nitrogens is 1. The molecule has 3 aromatic rings. The topological polar surface area (TPSA) is 51.2 Å². The molecule has 0 bridgehead atoms. The smallest absolute Gasteiger partial charge is 0.257 e. The van der Waals surface area contributed by atoms with Crippen molar-refractivity contribution < 1.29 is 9.53 Å². The molecule has 0 aliphatic heterocycles. The molecule has 164 valence electrons. The van der Waals surface area contributed by atoms with E-state index >= 15 is 0 Å². The molecule has 1 aromatic heterocycles. The number of carbonyl (C=O) groups is 1. The number of thiazole rings is 1. The lowest BCUT2D eigenvalue weighted by Gasteiger charge is -2.07. The summed E-state index contributed by atoms with van der Waals surface area (Å²) in [5, 5.41) is 3.52. The summed E-state index contributed by atoms with van der Waals surface area (Å²) in [6, 6.07) is 16.0. The minimum absolute atomic E-state index is 0.153. The van der Waals surface area contributed by atoms with Gasteiger partial charge in [-0.2, -0.15) is 0 Å². The van der Waals surface area contributed by atoms with Crippen molar-refractivity contribution in [2.45, 2.75) is 58.8 Å². The van der Waals surface area contributed by atoms with E-state index in [0.717, 1.165) is 36.5 Å². The molecule has 3 rings (SSSR count). The van der Waals surface area contributed by atoms with E-state index in [1.165, 1.54) is 48.1 Å². The number of rotatable bonds is 12. The average Bonchev–Trinajstić information content (AvgIpc) is 3.23. The Hall–Kier alpha value is -2.66. The van der Waals surface area contributed by atoms with E-state index in [1.54, 1.807) is 12.1 Å². The fourth-order valence-corrected chi connectivity index (χ4v) is 4.15. The maximum Gasteiger partial charge on any atom is 0.257 e. The summed E-state index contributed by atoms with van der Waals surface area (Å²) in [7, 11) is 0. The predicted octanol–water partition coefficient (Wildman–Crippen LogP) is 6.90. The van der Waals surface area contributed by atoms with Gasteiger partial charge in [-0.1, -0.05) is 63.8 Å². The van der Waals surface area contributed by atoms with Crippen molar-refractivity contribution in [1.82, 2.24) is 4.98 Å². The molecule has 1 amide bonds. The number of benzene rings is 2. The number of nitrogens with zero attached hydrogens (tertiary/aromatic N) is 1. The minimum atomic E-state index is -0.153. The predicted molar refractivity (Wildman–Crippen MR) is 129 cm³/mol. The fourth-order valence-electron chi connectivity index (χ4n) is 3.31. The van der Waals surface area contributed by atoms with Gasteiger partial charge in [0.2, 0.25) is 0 Å². The molecule has 0 unspecified atom stereocenters. The van der Waals surface area contributed by atoms with E-state index in [0.29, 0.717) is 10.7 Å². The monoisotopic (exact) mass is 436 g/mol. The number of carbonyl (C=O) groups excluding carboxylic acids is 1. The number of nitrogens with one attached hydrogen (secondary N) is 1. The van der Waals surface area contributed by atoms with Crippen LogP contribution in [0.25, 0.3) is 0 Å². The van der Waals surface area contributed by atoms with Gasteiger partial charge in [-0.15, -0.1) is 11.3 Å². The van der Waals surface area contributed by atoms with Crippen LogP contribution in [0.2, 0.25) is 0 Å². The Kier molecular flexibility index (Phi) is 9.10. The molecule has 0 radical (unpaired) electrons. The lowest BCUT2D eigenvalue weighted by Crippen LogP contribution is -2.11. The molecule has 1 heterocycles. The molecule has 0 saturated carbocycles. The van der Waals surface area contributed by atoms with Crippen LogP contribution in [0.1, 0.15) is 72.3 Å². The van der Waals surface area contributed by atoms with Gasteiger partial charge in [-0.3, -0.25) is 10.1 Å². The molecular formula is C26H32N2O2S. The Morgan fingerprint density at radius 1 is 0.935 bits per heavy atom. The van der Waals surface area contributed by atoms with Crippen LogP contribution in [-0.2, 0) is 12.8 Å². The van der Waals surface area contributed by atoms with Crippen molar-refractivity contribution in [3.8, 4) is 5.75 Å². The van der Waals surface area contributed by atoms with E-state index in [1.807, 2.05) is 18.3 Å². The summed E-state index contributed by atoms with van der Waals surface area (Å²) < 4.78 is 5.77. The first-order chi connectivity index (χ1) is 15.2. The summed E-state index contributed by atoms with van der Waals surface area (Å²) in [5.74, 6) is 0.650. The fraction of sp³-hybridized carbons (Fsp3) is 0.385. The molecule has 2 aromatic carbocycles. The number of hydrogen-bond donors (Lipinski definition) is 1. The Balaban J connectivity index is 1.46. The first-order valence-corrected chi connectivity index (χ1v) is 12.1. The van der Waals surface area contributed by atoms with Crippen molar-refractivity contribution in [3.63, 3.8) is 0 Å². The average molecular weight is 437 g/mol. The van der Waals surface area contributed by atoms with Crippen LogP contribution in [0.15, 0.2) is 54.7 Å². The van der Waals surface area contributed by atoms with Crippen LogP contribution < -0.4 is 10.1 Å². The van der Waals surface area contributed by atoms with Crippen LogP contribution >= 0.6 is 11.3 Å². The Morgan fingerprint density at radius 2 is 1.65 bits per heavy atom. The van der Waals surface area contributed by atoms with Crippen LogP contribution in [0, 0.1) is 0 Å². The Labute approximate surface area is 189 Å². The van der Waals surface area contributed by atoms with Gasteiger partial charge in [0, 0.05) is 23.1 Å². The van der Waals surface area contributed by atoms with Crippen molar-refractivity contribution >= 4 is 22.4 Å². The number of amides is 1. The van der Waals surface area contributed by atoms with E-state index in [2.05, 4.69) is 48.4 Å². The highest BCUT2D eigenvalue weighted by Crippen LogP contribution is 2.22. The second-order valence-electron chi connectivity index (χ2n) is 7.72. The van der Waals surface area contributed by atoms with Crippen molar-refractivity contribution in [1.29, 1.82) is 0 Å². The van der Waals surface area contributed by atoms with E-state index in [9.17, 15) is 4.79 Å². The van der Waals surface area contributed by atoms with Gasteiger partial charge < -0.3 is 4.74 Å². The van der Waals surface area contributed by atoms with Crippen molar-refractivity contribution in [2.75, 3.05) is 11.9 Å². The third-order valence-electron chi connectivity index (χ3n) is 5.22. The second-order valence-corrected chi connectivity index (χ2v) is 8.83. The molecule has 0 saturated heterocycles. The third kappa shape index (κ3) is 7.51. The van der Waals surface area contributed by atoms with Gasteiger partial charge in [-0.05, 0) is 48.2 Å². The Bertz CT molecular complexity index is 933. The quantitative estimate of drug-likeness (QED) is 0.314. The van der Waals surface area contributed by atoms with Gasteiger partial charge in [0.25, 0.3) is 5.91 Å². The molecule has 0 fully saturated rings. The molecule has 0 atom stereocenters. The zero-order valence-corrected chi connectivity index (χ0v) is 19.3. The summed E-state index contributed by atoms with van der Waals surface area (Å²) in [6.45, 7) is 5.09.